The highest BCUT2D eigenvalue weighted by Gasteiger charge is 2.40. The van der Waals surface area contributed by atoms with E-state index in [1.165, 1.54) is 0 Å². The number of halogens is 2. The number of alkyl halides is 2. The first-order valence-electron chi connectivity index (χ1n) is 2.93. The Morgan fingerprint density at radius 1 is 1.50 bits per heavy atom. The lowest BCUT2D eigenvalue weighted by molar-refractivity contribution is -0.148. The van der Waals surface area contributed by atoms with Gasteiger partial charge in [0, 0.05) is 6.42 Å². The Labute approximate surface area is 66.3 Å². The molecule has 0 unspecified atom stereocenters. The molecule has 0 rings (SSSR count). The second-order valence-electron chi connectivity index (χ2n) is 2.22. The molecule has 0 spiro atoms. The summed E-state index contributed by atoms with van der Waals surface area (Å²) in [5.74, 6) is -7.34. The molecule has 0 aliphatic heterocycles. The third-order valence-electron chi connectivity index (χ3n) is 1.15. The fraction of sp³-hybridized carbons (Fsp3) is 0.600. The maximum atomic E-state index is 12.3. The maximum absolute atomic E-state index is 12.3. The molecule has 1 atom stereocenters. The van der Waals surface area contributed by atoms with E-state index in [0.29, 0.717) is 0 Å². The number of rotatable bonds is 4. The number of primary amides is 1. The molecule has 0 radical (unpaired) electrons. The van der Waals surface area contributed by atoms with Crippen LogP contribution in [0.25, 0.3) is 0 Å². The van der Waals surface area contributed by atoms with Crippen LogP contribution in [0.5, 0.6) is 0 Å². The monoisotopic (exact) mass is 182 g/mol. The quantitative estimate of drug-likeness (QED) is 0.513. The van der Waals surface area contributed by atoms with E-state index in [1.54, 1.807) is 0 Å². The fourth-order valence-corrected chi connectivity index (χ4v) is 0.464. The lowest BCUT2D eigenvalue weighted by atomic mass is 10.1. The molecule has 1 amide bonds. The van der Waals surface area contributed by atoms with Gasteiger partial charge >= 0.3 is 11.9 Å². The van der Waals surface area contributed by atoms with E-state index in [-0.39, 0.29) is 0 Å². The lowest BCUT2D eigenvalue weighted by Gasteiger charge is -2.13. The number of carboxylic acid groups (broad SMARTS) is 1. The first-order valence-corrected chi connectivity index (χ1v) is 2.93. The van der Waals surface area contributed by atoms with Gasteiger partial charge in [-0.3, -0.25) is 9.59 Å². The van der Waals surface area contributed by atoms with Gasteiger partial charge in [-0.15, -0.1) is 0 Å². The van der Waals surface area contributed by atoms with E-state index in [2.05, 4.69) is 5.73 Å². The zero-order chi connectivity index (χ0) is 9.94. The summed E-state index contributed by atoms with van der Waals surface area (Å²) in [6.07, 6.45) is -1.28. The van der Waals surface area contributed by atoms with Gasteiger partial charge in [0.2, 0.25) is 0 Å². The highest BCUT2D eigenvalue weighted by atomic mass is 19.3. The minimum absolute atomic E-state index is 1.28. The highest BCUT2D eigenvalue weighted by Crippen LogP contribution is 2.18. The second kappa shape index (κ2) is 3.44. The summed E-state index contributed by atoms with van der Waals surface area (Å²) in [7, 11) is 0. The minimum Gasteiger partial charge on any atom is -0.480 e. The number of aliphatic carboxylic acids is 1. The molecule has 0 aromatic carbocycles. The average Bonchev–Trinajstić information content (AvgIpc) is 1.85. The van der Waals surface area contributed by atoms with Crippen molar-refractivity contribution in [2.24, 2.45) is 11.5 Å². The van der Waals surface area contributed by atoms with Crippen molar-refractivity contribution in [1.29, 1.82) is 0 Å². The van der Waals surface area contributed by atoms with Crippen LogP contribution in [0.15, 0.2) is 0 Å². The molecular weight excluding hydrogens is 174 g/mol. The standard InChI is InChI=1S/C5H8F2N2O3/c6-5(7,4(9)12)1-2(8)3(10)11/h2H,1,8H2,(H2,9,12)(H,10,11)/t2-/m1/s1. The molecule has 0 aromatic heterocycles. The van der Waals surface area contributed by atoms with E-state index in [4.69, 9.17) is 10.8 Å². The van der Waals surface area contributed by atoms with Crippen LogP contribution < -0.4 is 11.5 Å². The normalized spacial score (nSPS) is 13.9. The Hall–Kier alpha value is -1.24. The molecule has 0 saturated heterocycles. The number of amides is 1. The van der Waals surface area contributed by atoms with Crippen LogP contribution in [-0.4, -0.2) is 28.9 Å². The van der Waals surface area contributed by atoms with Gasteiger partial charge in [0.1, 0.15) is 6.04 Å². The molecule has 0 saturated carbocycles. The third-order valence-corrected chi connectivity index (χ3v) is 1.15. The zero-order valence-electron chi connectivity index (χ0n) is 5.96. The van der Waals surface area contributed by atoms with Crippen molar-refractivity contribution in [2.45, 2.75) is 18.4 Å². The number of carboxylic acids is 1. The Morgan fingerprint density at radius 3 is 2.17 bits per heavy atom. The van der Waals surface area contributed by atoms with Crippen molar-refractivity contribution in [1.82, 2.24) is 0 Å². The Bertz CT molecular complexity index is 207. The Kier molecular flexibility index (Phi) is 3.08. The van der Waals surface area contributed by atoms with E-state index >= 15 is 0 Å². The first kappa shape index (κ1) is 10.8. The summed E-state index contributed by atoms with van der Waals surface area (Å²) in [4.78, 5) is 20.0. The molecule has 0 aromatic rings. The first-order chi connectivity index (χ1) is 5.27. The summed E-state index contributed by atoms with van der Waals surface area (Å²) < 4.78 is 24.7. The molecule has 7 heteroatoms. The van der Waals surface area contributed by atoms with Crippen LogP contribution in [-0.2, 0) is 9.59 Å². The van der Waals surface area contributed by atoms with Crippen LogP contribution in [0.3, 0.4) is 0 Å². The van der Waals surface area contributed by atoms with Gasteiger partial charge in [0.05, 0.1) is 0 Å². The van der Waals surface area contributed by atoms with Crippen LogP contribution in [0.1, 0.15) is 6.42 Å². The van der Waals surface area contributed by atoms with E-state index < -0.39 is 30.3 Å². The molecule has 0 aliphatic rings. The number of carbonyl (C=O) groups excluding carboxylic acids is 1. The molecule has 5 nitrogen and oxygen atoms in total. The van der Waals surface area contributed by atoms with Gasteiger partial charge in [0.25, 0.3) is 5.91 Å². The zero-order valence-corrected chi connectivity index (χ0v) is 5.96. The summed E-state index contributed by atoms with van der Waals surface area (Å²) in [5.41, 5.74) is 9.03. The van der Waals surface area contributed by atoms with Gasteiger partial charge in [-0.2, -0.15) is 8.78 Å². The fourth-order valence-electron chi connectivity index (χ4n) is 0.464. The SMILES string of the molecule is NC(=O)C(F)(F)C[C@@H](N)C(=O)O. The Balaban J connectivity index is 4.24. The molecule has 70 valence electrons. The summed E-state index contributed by atoms with van der Waals surface area (Å²) in [6, 6.07) is -1.78. The maximum Gasteiger partial charge on any atom is 0.326 e. The number of carbonyl (C=O) groups is 2. The van der Waals surface area contributed by atoms with Gasteiger partial charge < -0.3 is 16.6 Å². The summed E-state index contributed by atoms with van der Waals surface area (Å²) in [6.45, 7) is 0. The van der Waals surface area contributed by atoms with Crippen molar-refractivity contribution in [2.75, 3.05) is 0 Å². The van der Waals surface area contributed by atoms with E-state index in [0.717, 1.165) is 0 Å². The largest absolute Gasteiger partial charge is 0.480 e. The minimum atomic E-state index is -3.86. The lowest BCUT2D eigenvalue weighted by Crippen LogP contribution is -2.43. The number of hydrogen-bond acceptors (Lipinski definition) is 3. The summed E-state index contributed by atoms with van der Waals surface area (Å²) in [5, 5.41) is 8.12. The average molecular weight is 182 g/mol. The predicted octanol–water partition coefficient (Wildman–Crippen LogP) is -1.09. The molecule has 0 aliphatic carbocycles. The van der Waals surface area contributed by atoms with Crippen LogP contribution in [0.4, 0.5) is 8.78 Å². The number of hydrogen-bond donors (Lipinski definition) is 3. The molecule has 0 fully saturated rings. The van der Waals surface area contributed by atoms with Crippen molar-refractivity contribution < 1.29 is 23.5 Å². The predicted molar refractivity (Wildman–Crippen MR) is 34.4 cm³/mol. The van der Waals surface area contributed by atoms with Gasteiger partial charge in [0.15, 0.2) is 0 Å². The molecule has 12 heavy (non-hydrogen) atoms. The topological polar surface area (TPSA) is 106 Å². The molecule has 0 heterocycles. The van der Waals surface area contributed by atoms with Crippen molar-refractivity contribution in [3.8, 4) is 0 Å². The molecule has 5 N–H and O–H groups in total. The van der Waals surface area contributed by atoms with Crippen LogP contribution in [0.2, 0.25) is 0 Å². The van der Waals surface area contributed by atoms with Gasteiger partial charge in [-0.05, 0) is 0 Å². The van der Waals surface area contributed by atoms with Crippen LogP contribution in [0, 0.1) is 0 Å². The molecular formula is C5H8F2N2O3. The molecule has 0 bridgehead atoms. The number of nitrogens with two attached hydrogens (primary N) is 2. The Morgan fingerprint density at radius 2 is 1.92 bits per heavy atom. The smallest absolute Gasteiger partial charge is 0.326 e. The van der Waals surface area contributed by atoms with E-state index in [1.807, 2.05) is 0 Å². The van der Waals surface area contributed by atoms with Crippen molar-refractivity contribution in [3.63, 3.8) is 0 Å². The second-order valence-corrected chi connectivity index (χ2v) is 2.22. The van der Waals surface area contributed by atoms with Crippen molar-refractivity contribution >= 4 is 11.9 Å². The third kappa shape index (κ3) is 2.79. The highest BCUT2D eigenvalue weighted by molar-refractivity contribution is 5.83. The van der Waals surface area contributed by atoms with E-state index in [9.17, 15) is 18.4 Å². The summed E-state index contributed by atoms with van der Waals surface area (Å²) >= 11 is 0. The van der Waals surface area contributed by atoms with Crippen molar-refractivity contribution in [3.05, 3.63) is 0 Å². The van der Waals surface area contributed by atoms with Gasteiger partial charge in [-0.25, -0.2) is 0 Å². The van der Waals surface area contributed by atoms with Crippen LogP contribution >= 0.6 is 0 Å². The van der Waals surface area contributed by atoms with Gasteiger partial charge in [-0.1, -0.05) is 0 Å².